The number of halogens is 1. The van der Waals surface area contributed by atoms with Crippen molar-refractivity contribution in [2.75, 3.05) is 7.11 Å². The van der Waals surface area contributed by atoms with Gasteiger partial charge in [0.05, 0.1) is 7.11 Å². The molecular formula is C16H15FO. The van der Waals surface area contributed by atoms with E-state index in [9.17, 15) is 4.39 Å². The van der Waals surface area contributed by atoms with Gasteiger partial charge in [0, 0.05) is 5.56 Å². The van der Waals surface area contributed by atoms with Crippen LogP contribution in [0.4, 0.5) is 4.39 Å². The van der Waals surface area contributed by atoms with Gasteiger partial charge >= 0.3 is 0 Å². The molecule has 0 unspecified atom stereocenters. The van der Waals surface area contributed by atoms with Crippen LogP contribution in [0.2, 0.25) is 0 Å². The number of allylic oxidation sites excluding steroid dienone is 1. The van der Waals surface area contributed by atoms with Gasteiger partial charge in [-0.05, 0) is 30.2 Å². The predicted octanol–water partition coefficient (Wildman–Crippen LogP) is 4.09. The molecule has 0 aliphatic carbocycles. The maximum Gasteiger partial charge on any atom is 0.126 e. The summed E-state index contributed by atoms with van der Waals surface area (Å²) in [5.41, 5.74) is 2.13. The SMILES string of the molecule is COc1ccccc1/C=C/Cc1ccc(F)cc1. The molecule has 1 nitrogen and oxygen atoms in total. The molecule has 0 bridgehead atoms. The van der Waals surface area contributed by atoms with Crippen LogP contribution in [0.1, 0.15) is 11.1 Å². The van der Waals surface area contributed by atoms with Crippen molar-refractivity contribution >= 4 is 6.08 Å². The lowest BCUT2D eigenvalue weighted by Gasteiger charge is -2.03. The second-order valence-corrected chi connectivity index (χ2v) is 3.97. The lowest BCUT2D eigenvalue weighted by molar-refractivity contribution is 0.414. The highest BCUT2D eigenvalue weighted by Crippen LogP contribution is 2.18. The number of hydrogen-bond donors (Lipinski definition) is 0. The molecule has 2 heteroatoms. The lowest BCUT2D eigenvalue weighted by atomic mass is 10.1. The van der Waals surface area contributed by atoms with E-state index in [4.69, 9.17) is 4.74 Å². The fourth-order valence-electron chi connectivity index (χ4n) is 1.75. The topological polar surface area (TPSA) is 9.23 Å². The summed E-state index contributed by atoms with van der Waals surface area (Å²) in [6.07, 6.45) is 4.84. The van der Waals surface area contributed by atoms with Crippen molar-refractivity contribution in [1.29, 1.82) is 0 Å². The minimum Gasteiger partial charge on any atom is -0.496 e. The van der Waals surface area contributed by atoms with Crippen molar-refractivity contribution in [3.8, 4) is 5.75 Å². The lowest BCUT2D eigenvalue weighted by Crippen LogP contribution is -1.86. The number of para-hydroxylation sites is 1. The maximum atomic E-state index is 12.7. The maximum absolute atomic E-state index is 12.7. The van der Waals surface area contributed by atoms with Crippen molar-refractivity contribution in [2.45, 2.75) is 6.42 Å². The molecule has 0 radical (unpaired) electrons. The molecule has 0 aliphatic heterocycles. The second-order valence-electron chi connectivity index (χ2n) is 3.97. The molecule has 0 fully saturated rings. The van der Waals surface area contributed by atoms with E-state index < -0.39 is 0 Å². The Labute approximate surface area is 107 Å². The highest BCUT2D eigenvalue weighted by molar-refractivity contribution is 5.57. The minimum absolute atomic E-state index is 0.201. The third-order valence-electron chi connectivity index (χ3n) is 2.70. The Kier molecular flexibility index (Phi) is 4.13. The van der Waals surface area contributed by atoms with Gasteiger partial charge in [-0.2, -0.15) is 0 Å². The Balaban J connectivity index is 2.05. The highest BCUT2D eigenvalue weighted by Gasteiger charge is 1.96. The molecule has 0 saturated heterocycles. The Hall–Kier alpha value is -2.09. The summed E-state index contributed by atoms with van der Waals surface area (Å²) in [4.78, 5) is 0. The summed E-state index contributed by atoms with van der Waals surface area (Å²) < 4.78 is 18.0. The first-order valence-electron chi connectivity index (χ1n) is 5.83. The van der Waals surface area contributed by atoms with E-state index in [1.54, 1.807) is 19.2 Å². The van der Waals surface area contributed by atoms with Crippen molar-refractivity contribution in [3.63, 3.8) is 0 Å². The molecule has 0 atom stereocenters. The quantitative estimate of drug-likeness (QED) is 0.784. The van der Waals surface area contributed by atoms with E-state index in [1.165, 1.54) is 12.1 Å². The van der Waals surface area contributed by atoms with Crippen LogP contribution in [0.5, 0.6) is 5.75 Å². The van der Waals surface area contributed by atoms with E-state index in [2.05, 4.69) is 0 Å². The third-order valence-corrected chi connectivity index (χ3v) is 2.70. The van der Waals surface area contributed by atoms with Crippen LogP contribution in [0.15, 0.2) is 54.6 Å². The van der Waals surface area contributed by atoms with E-state index in [0.717, 1.165) is 23.3 Å². The van der Waals surface area contributed by atoms with Crippen molar-refractivity contribution < 1.29 is 9.13 Å². The molecule has 2 aromatic rings. The molecule has 0 amide bonds. The summed E-state index contributed by atoms with van der Waals surface area (Å²) >= 11 is 0. The van der Waals surface area contributed by atoms with Gasteiger partial charge in [0.1, 0.15) is 11.6 Å². The monoisotopic (exact) mass is 242 g/mol. The molecule has 2 rings (SSSR count). The first-order chi connectivity index (χ1) is 8.79. The summed E-state index contributed by atoms with van der Waals surface area (Å²) in [6, 6.07) is 14.4. The van der Waals surface area contributed by atoms with E-state index in [-0.39, 0.29) is 5.82 Å². The van der Waals surface area contributed by atoms with Crippen LogP contribution in [0.3, 0.4) is 0 Å². The van der Waals surface area contributed by atoms with Crippen LogP contribution in [0.25, 0.3) is 6.08 Å². The Morgan fingerprint density at radius 3 is 2.50 bits per heavy atom. The van der Waals surface area contributed by atoms with E-state index >= 15 is 0 Å². The third kappa shape index (κ3) is 3.20. The zero-order valence-electron chi connectivity index (χ0n) is 10.3. The first kappa shape index (κ1) is 12.4. The normalized spacial score (nSPS) is 10.8. The van der Waals surface area contributed by atoms with Crippen LogP contribution < -0.4 is 4.74 Å². The van der Waals surface area contributed by atoms with E-state index in [1.807, 2.05) is 36.4 Å². The zero-order chi connectivity index (χ0) is 12.8. The molecule has 0 aliphatic rings. The second kappa shape index (κ2) is 6.01. The Morgan fingerprint density at radius 2 is 1.78 bits per heavy atom. The van der Waals surface area contributed by atoms with Gasteiger partial charge in [0.2, 0.25) is 0 Å². The molecule has 18 heavy (non-hydrogen) atoms. The number of hydrogen-bond acceptors (Lipinski definition) is 1. The Bertz CT molecular complexity index is 529. The zero-order valence-corrected chi connectivity index (χ0v) is 10.3. The molecule has 0 spiro atoms. The number of benzene rings is 2. The van der Waals surface area contributed by atoms with Gasteiger partial charge in [-0.3, -0.25) is 0 Å². The average Bonchev–Trinajstić information content (AvgIpc) is 2.41. The summed E-state index contributed by atoms with van der Waals surface area (Å²) in [6.45, 7) is 0. The van der Waals surface area contributed by atoms with Gasteiger partial charge in [-0.15, -0.1) is 0 Å². The van der Waals surface area contributed by atoms with Crippen LogP contribution >= 0.6 is 0 Å². The summed E-state index contributed by atoms with van der Waals surface area (Å²) in [7, 11) is 1.66. The van der Waals surface area contributed by atoms with E-state index in [0.29, 0.717) is 0 Å². The largest absolute Gasteiger partial charge is 0.496 e. The van der Waals surface area contributed by atoms with Crippen LogP contribution in [-0.2, 0) is 6.42 Å². The van der Waals surface area contributed by atoms with Gasteiger partial charge in [0.15, 0.2) is 0 Å². The fourth-order valence-corrected chi connectivity index (χ4v) is 1.75. The van der Waals surface area contributed by atoms with Crippen LogP contribution in [0, 0.1) is 5.82 Å². The highest BCUT2D eigenvalue weighted by atomic mass is 19.1. The molecule has 0 heterocycles. The smallest absolute Gasteiger partial charge is 0.126 e. The number of rotatable bonds is 4. The molecule has 2 aromatic carbocycles. The molecular weight excluding hydrogens is 227 g/mol. The number of methoxy groups -OCH3 is 1. The predicted molar refractivity (Wildman–Crippen MR) is 72.1 cm³/mol. The summed E-state index contributed by atoms with van der Waals surface area (Å²) in [5, 5.41) is 0. The van der Waals surface area contributed by atoms with Crippen molar-refractivity contribution in [2.24, 2.45) is 0 Å². The standard InChI is InChI=1S/C16H15FO/c1-18-16-8-3-2-6-14(16)7-4-5-13-9-11-15(17)12-10-13/h2-4,6-12H,5H2,1H3/b7-4+. The van der Waals surface area contributed by atoms with Gasteiger partial charge in [-0.1, -0.05) is 42.5 Å². The van der Waals surface area contributed by atoms with Crippen LogP contribution in [-0.4, -0.2) is 7.11 Å². The van der Waals surface area contributed by atoms with Crippen molar-refractivity contribution in [3.05, 3.63) is 71.6 Å². The van der Waals surface area contributed by atoms with Gasteiger partial charge < -0.3 is 4.74 Å². The average molecular weight is 242 g/mol. The molecule has 0 N–H and O–H groups in total. The fraction of sp³-hybridized carbons (Fsp3) is 0.125. The number of ether oxygens (including phenoxy) is 1. The minimum atomic E-state index is -0.201. The van der Waals surface area contributed by atoms with Crippen molar-refractivity contribution in [1.82, 2.24) is 0 Å². The molecule has 0 saturated carbocycles. The Morgan fingerprint density at radius 1 is 1.06 bits per heavy atom. The van der Waals surface area contributed by atoms with Gasteiger partial charge in [0.25, 0.3) is 0 Å². The molecule has 0 aromatic heterocycles. The van der Waals surface area contributed by atoms with Gasteiger partial charge in [-0.25, -0.2) is 4.39 Å². The summed E-state index contributed by atoms with van der Waals surface area (Å²) in [5.74, 6) is 0.653. The first-order valence-corrected chi connectivity index (χ1v) is 5.83. The molecule has 92 valence electrons.